The fourth-order valence-electron chi connectivity index (χ4n) is 2.18. The second kappa shape index (κ2) is 4.89. The third-order valence-corrected chi connectivity index (χ3v) is 3.04. The lowest BCUT2D eigenvalue weighted by Gasteiger charge is -2.00. The number of hydrogen-bond donors (Lipinski definition) is 1. The third-order valence-electron chi connectivity index (χ3n) is 3.04. The number of halogens is 1. The summed E-state index contributed by atoms with van der Waals surface area (Å²) in [4.78, 5) is 11.7. The fraction of sp³-hybridized carbons (Fsp3) is 0.125. The summed E-state index contributed by atoms with van der Waals surface area (Å²) in [7, 11) is 0. The maximum absolute atomic E-state index is 13.2. The van der Waals surface area contributed by atoms with Gasteiger partial charge in [0.15, 0.2) is 5.82 Å². The standard InChI is InChI=1S/C16H14FN3/c1-10(2)20-16-6-3-11(8-19-16)14-9-18-15-7-12(17)4-5-13(14)15/h3-9,18H,1-2H3. The van der Waals surface area contributed by atoms with Crippen molar-refractivity contribution in [1.29, 1.82) is 0 Å². The molecule has 0 amide bonds. The Labute approximate surface area is 116 Å². The van der Waals surface area contributed by atoms with Crippen LogP contribution in [0.2, 0.25) is 0 Å². The van der Waals surface area contributed by atoms with E-state index in [-0.39, 0.29) is 5.82 Å². The first-order valence-corrected chi connectivity index (χ1v) is 6.38. The average Bonchev–Trinajstić information content (AvgIpc) is 2.82. The molecule has 3 rings (SSSR count). The highest BCUT2D eigenvalue weighted by molar-refractivity contribution is 5.95. The van der Waals surface area contributed by atoms with Crippen molar-refractivity contribution in [1.82, 2.24) is 9.97 Å². The van der Waals surface area contributed by atoms with Crippen LogP contribution in [0, 0.1) is 5.82 Å². The molecule has 0 aliphatic rings. The molecule has 0 radical (unpaired) electrons. The van der Waals surface area contributed by atoms with E-state index in [0.29, 0.717) is 5.82 Å². The second-order valence-electron chi connectivity index (χ2n) is 4.86. The van der Waals surface area contributed by atoms with E-state index < -0.39 is 0 Å². The molecule has 0 bridgehead atoms. The molecule has 0 spiro atoms. The summed E-state index contributed by atoms with van der Waals surface area (Å²) in [6.07, 6.45) is 3.66. The molecule has 2 heterocycles. The maximum atomic E-state index is 13.2. The van der Waals surface area contributed by atoms with Crippen LogP contribution in [0.15, 0.2) is 47.7 Å². The van der Waals surface area contributed by atoms with Gasteiger partial charge in [-0.25, -0.2) is 14.4 Å². The first kappa shape index (κ1) is 12.5. The first-order chi connectivity index (χ1) is 9.63. The van der Waals surface area contributed by atoms with Gasteiger partial charge >= 0.3 is 0 Å². The Morgan fingerprint density at radius 2 is 2.05 bits per heavy atom. The van der Waals surface area contributed by atoms with Gasteiger partial charge in [-0.3, -0.25) is 0 Å². The lowest BCUT2D eigenvalue weighted by atomic mass is 10.1. The Morgan fingerprint density at radius 3 is 2.75 bits per heavy atom. The maximum Gasteiger partial charge on any atom is 0.151 e. The summed E-state index contributed by atoms with van der Waals surface area (Å²) in [6.45, 7) is 3.87. The number of pyridine rings is 1. The Balaban J connectivity index is 2.05. The minimum absolute atomic E-state index is 0.243. The molecule has 1 aromatic carbocycles. The minimum Gasteiger partial charge on any atom is -0.360 e. The Morgan fingerprint density at radius 1 is 1.20 bits per heavy atom. The van der Waals surface area contributed by atoms with Crippen LogP contribution < -0.4 is 0 Å². The van der Waals surface area contributed by atoms with E-state index in [1.54, 1.807) is 12.3 Å². The highest BCUT2D eigenvalue weighted by Gasteiger charge is 2.07. The summed E-state index contributed by atoms with van der Waals surface area (Å²) >= 11 is 0. The van der Waals surface area contributed by atoms with E-state index in [9.17, 15) is 4.39 Å². The Bertz CT molecular complexity index is 781. The molecular weight excluding hydrogens is 253 g/mol. The molecule has 2 aromatic heterocycles. The molecule has 1 N–H and O–H groups in total. The van der Waals surface area contributed by atoms with E-state index in [1.807, 2.05) is 32.2 Å². The SMILES string of the molecule is CC(C)=Nc1ccc(-c2c[nH]c3cc(F)ccc23)cn1. The number of aromatic amines is 1. The summed E-state index contributed by atoms with van der Waals surface area (Å²) < 4.78 is 13.2. The average molecular weight is 267 g/mol. The molecule has 0 unspecified atom stereocenters. The summed E-state index contributed by atoms with van der Waals surface area (Å²) in [5.41, 5.74) is 3.74. The first-order valence-electron chi connectivity index (χ1n) is 6.38. The fourth-order valence-corrected chi connectivity index (χ4v) is 2.18. The van der Waals surface area contributed by atoms with Gasteiger partial charge in [0.2, 0.25) is 0 Å². The predicted octanol–water partition coefficient (Wildman–Crippen LogP) is 4.48. The van der Waals surface area contributed by atoms with Gasteiger partial charge in [-0.1, -0.05) is 0 Å². The number of aromatic nitrogens is 2. The number of fused-ring (bicyclic) bond motifs is 1. The van der Waals surface area contributed by atoms with E-state index >= 15 is 0 Å². The highest BCUT2D eigenvalue weighted by Crippen LogP contribution is 2.29. The molecule has 100 valence electrons. The Kier molecular flexibility index (Phi) is 3.06. The number of hydrogen-bond acceptors (Lipinski definition) is 2. The molecule has 3 aromatic rings. The number of rotatable bonds is 2. The largest absolute Gasteiger partial charge is 0.360 e. The highest BCUT2D eigenvalue weighted by atomic mass is 19.1. The quantitative estimate of drug-likeness (QED) is 0.683. The topological polar surface area (TPSA) is 41.0 Å². The van der Waals surface area contributed by atoms with Crippen LogP contribution in [0.1, 0.15) is 13.8 Å². The lowest BCUT2D eigenvalue weighted by molar-refractivity contribution is 0.629. The summed E-state index contributed by atoms with van der Waals surface area (Å²) in [6, 6.07) is 8.59. The molecular formula is C16H14FN3. The summed E-state index contributed by atoms with van der Waals surface area (Å²) in [5.74, 6) is 0.451. The van der Waals surface area contributed by atoms with Crippen molar-refractivity contribution in [2.24, 2.45) is 4.99 Å². The normalized spacial score (nSPS) is 10.8. The Hall–Kier alpha value is -2.49. The van der Waals surface area contributed by atoms with Gasteiger partial charge in [-0.2, -0.15) is 0 Å². The van der Waals surface area contributed by atoms with E-state index in [2.05, 4.69) is 15.0 Å². The lowest BCUT2D eigenvalue weighted by Crippen LogP contribution is -1.83. The van der Waals surface area contributed by atoms with Crippen molar-refractivity contribution >= 4 is 22.4 Å². The van der Waals surface area contributed by atoms with Gasteiger partial charge in [0.25, 0.3) is 0 Å². The zero-order chi connectivity index (χ0) is 14.1. The molecule has 0 saturated heterocycles. The van der Waals surface area contributed by atoms with Crippen LogP contribution in [0.25, 0.3) is 22.0 Å². The van der Waals surface area contributed by atoms with Crippen LogP contribution >= 0.6 is 0 Å². The van der Waals surface area contributed by atoms with Crippen LogP contribution in [-0.2, 0) is 0 Å². The van der Waals surface area contributed by atoms with Crippen molar-refractivity contribution in [2.75, 3.05) is 0 Å². The van der Waals surface area contributed by atoms with Crippen molar-refractivity contribution in [2.45, 2.75) is 13.8 Å². The molecule has 0 atom stereocenters. The molecule has 0 aliphatic carbocycles. The van der Waals surface area contributed by atoms with Crippen molar-refractivity contribution < 1.29 is 4.39 Å². The van der Waals surface area contributed by atoms with E-state index in [4.69, 9.17) is 0 Å². The molecule has 0 fully saturated rings. The molecule has 0 aliphatic heterocycles. The van der Waals surface area contributed by atoms with Crippen LogP contribution in [0.3, 0.4) is 0 Å². The molecule has 0 saturated carbocycles. The number of H-pyrrole nitrogens is 1. The second-order valence-corrected chi connectivity index (χ2v) is 4.86. The van der Waals surface area contributed by atoms with Gasteiger partial charge in [0, 0.05) is 40.1 Å². The van der Waals surface area contributed by atoms with Crippen LogP contribution in [0.4, 0.5) is 10.2 Å². The van der Waals surface area contributed by atoms with E-state index in [1.165, 1.54) is 12.1 Å². The van der Waals surface area contributed by atoms with Gasteiger partial charge in [0.05, 0.1) is 0 Å². The minimum atomic E-state index is -0.243. The monoisotopic (exact) mass is 267 g/mol. The van der Waals surface area contributed by atoms with E-state index in [0.717, 1.165) is 27.7 Å². The van der Waals surface area contributed by atoms with Crippen molar-refractivity contribution in [3.05, 3.63) is 48.5 Å². The zero-order valence-corrected chi connectivity index (χ0v) is 11.3. The number of nitrogens with one attached hydrogen (secondary N) is 1. The number of nitrogens with zero attached hydrogens (tertiary/aromatic N) is 2. The molecule has 4 heteroatoms. The molecule has 20 heavy (non-hydrogen) atoms. The number of aliphatic imine (C=N–C) groups is 1. The van der Waals surface area contributed by atoms with Crippen LogP contribution in [-0.4, -0.2) is 15.7 Å². The van der Waals surface area contributed by atoms with Crippen molar-refractivity contribution in [3.8, 4) is 11.1 Å². The third kappa shape index (κ3) is 2.32. The number of benzene rings is 1. The zero-order valence-electron chi connectivity index (χ0n) is 11.3. The van der Waals surface area contributed by atoms with Gasteiger partial charge in [0.1, 0.15) is 5.82 Å². The predicted molar refractivity (Wildman–Crippen MR) is 79.9 cm³/mol. The molecule has 3 nitrogen and oxygen atoms in total. The van der Waals surface area contributed by atoms with Crippen LogP contribution in [0.5, 0.6) is 0 Å². The smallest absolute Gasteiger partial charge is 0.151 e. The van der Waals surface area contributed by atoms with Crippen molar-refractivity contribution in [3.63, 3.8) is 0 Å². The van der Waals surface area contributed by atoms with Gasteiger partial charge in [-0.15, -0.1) is 0 Å². The van der Waals surface area contributed by atoms with Gasteiger partial charge < -0.3 is 4.98 Å². The summed E-state index contributed by atoms with van der Waals surface area (Å²) in [5, 5.41) is 0.983. The van der Waals surface area contributed by atoms with Gasteiger partial charge in [-0.05, 0) is 44.2 Å².